The van der Waals surface area contributed by atoms with Crippen LogP contribution in [0.3, 0.4) is 0 Å². The molecule has 0 aliphatic carbocycles. The minimum atomic E-state index is -1.10. The fraction of sp³-hybridized carbons (Fsp3) is 0.200. The highest BCUT2D eigenvalue weighted by Crippen LogP contribution is 2.28. The summed E-state index contributed by atoms with van der Waals surface area (Å²) in [5, 5.41) is 11.6. The first-order chi connectivity index (χ1) is 7.61. The Balaban J connectivity index is 2.53. The highest BCUT2D eigenvalue weighted by atomic mass is 16.4. The zero-order valence-corrected chi connectivity index (χ0v) is 8.43. The summed E-state index contributed by atoms with van der Waals surface area (Å²) in [6.45, 7) is 0.916. The molecule has 16 heavy (non-hydrogen) atoms. The third-order valence-corrected chi connectivity index (χ3v) is 2.42. The number of amides is 2. The molecule has 0 aromatic heterocycles. The summed E-state index contributed by atoms with van der Waals surface area (Å²) < 4.78 is 0. The number of rotatable bonds is 2. The van der Waals surface area contributed by atoms with E-state index in [1.165, 1.54) is 11.0 Å². The van der Waals surface area contributed by atoms with Gasteiger partial charge in [0.1, 0.15) is 0 Å². The van der Waals surface area contributed by atoms with E-state index in [0.29, 0.717) is 13.1 Å². The van der Waals surface area contributed by atoms with E-state index in [9.17, 15) is 9.59 Å². The first-order valence-electron chi connectivity index (χ1n) is 4.78. The number of hydrogen-bond donors (Lipinski definition) is 3. The second-order valence-electron chi connectivity index (χ2n) is 3.43. The molecule has 1 aromatic rings. The van der Waals surface area contributed by atoms with Crippen LogP contribution in [0.25, 0.3) is 0 Å². The van der Waals surface area contributed by atoms with E-state index in [-0.39, 0.29) is 23.0 Å². The average molecular weight is 221 g/mol. The van der Waals surface area contributed by atoms with Gasteiger partial charge >= 0.3 is 12.0 Å². The van der Waals surface area contributed by atoms with Crippen molar-refractivity contribution in [2.75, 3.05) is 23.7 Å². The summed E-state index contributed by atoms with van der Waals surface area (Å²) in [5.41, 5.74) is 6.31. The first-order valence-corrected chi connectivity index (χ1v) is 4.78. The van der Waals surface area contributed by atoms with Crippen LogP contribution in [0.1, 0.15) is 10.4 Å². The largest absolute Gasteiger partial charge is 0.478 e. The molecular weight excluding hydrogens is 210 g/mol. The summed E-state index contributed by atoms with van der Waals surface area (Å²) in [7, 11) is 0. The monoisotopic (exact) mass is 221 g/mol. The third kappa shape index (κ3) is 1.54. The van der Waals surface area contributed by atoms with Gasteiger partial charge in [0, 0.05) is 13.1 Å². The normalized spacial score (nSPS) is 15.0. The van der Waals surface area contributed by atoms with Crippen molar-refractivity contribution in [3.8, 4) is 0 Å². The van der Waals surface area contributed by atoms with E-state index < -0.39 is 5.97 Å². The van der Waals surface area contributed by atoms with Gasteiger partial charge in [0.25, 0.3) is 0 Å². The fourth-order valence-electron chi connectivity index (χ4n) is 1.72. The van der Waals surface area contributed by atoms with Gasteiger partial charge in [-0.05, 0) is 12.1 Å². The van der Waals surface area contributed by atoms with Crippen molar-refractivity contribution >= 4 is 23.4 Å². The maximum Gasteiger partial charge on any atom is 0.337 e. The molecule has 1 saturated heterocycles. The van der Waals surface area contributed by atoms with Crippen LogP contribution < -0.4 is 16.0 Å². The molecule has 4 N–H and O–H groups in total. The number of nitrogens with two attached hydrogens (primary N) is 1. The topological polar surface area (TPSA) is 95.7 Å². The molecule has 2 amide bonds. The van der Waals surface area contributed by atoms with Crippen LogP contribution in [0.5, 0.6) is 0 Å². The maximum atomic E-state index is 11.5. The number of hydrogen-bond acceptors (Lipinski definition) is 3. The molecular formula is C10H11N3O3. The van der Waals surface area contributed by atoms with Crippen LogP contribution >= 0.6 is 0 Å². The number of benzene rings is 1. The van der Waals surface area contributed by atoms with Gasteiger partial charge in [0.15, 0.2) is 0 Å². The van der Waals surface area contributed by atoms with Gasteiger partial charge < -0.3 is 16.2 Å². The molecule has 0 radical (unpaired) electrons. The number of nitrogens with zero attached hydrogens (tertiary/aromatic N) is 1. The summed E-state index contributed by atoms with van der Waals surface area (Å²) >= 11 is 0. The number of para-hydroxylation sites is 1. The lowest BCUT2D eigenvalue weighted by molar-refractivity contribution is 0.0698. The lowest BCUT2D eigenvalue weighted by atomic mass is 10.1. The molecule has 6 nitrogen and oxygen atoms in total. The van der Waals surface area contributed by atoms with Crippen LogP contribution in [-0.2, 0) is 0 Å². The van der Waals surface area contributed by atoms with E-state index in [4.69, 9.17) is 10.8 Å². The minimum absolute atomic E-state index is 0.0389. The standard InChI is InChI=1S/C10H11N3O3/c11-7-3-1-2-6(9(14)15)8(7)13-5-4-12-10(13)16/h1-3H,4-5,11H2,(H,12,16)(H,14,15). The van der Waals surface area contributed by atoms with Gasteiger partial charge in [-0.15, -0.1) is 0 Å². The Bertz CT molecular complexity index is 459. The van der Waals surface area contributed by atoms with Gasteiger partial charge in [-0.3, -0.25) is 4.90 Å². The zero-order valence-electron chi connectivity index (χ0n) is 8.43. The van der Waals surface area contributed by atoms with E-state index >= 15 is 0 Å². The summed E-state index contributed by atoms with van der Waals surface area (Å²) in [4.78, 5) is 23.8. The fourth-order valence-corrected chi connectivity index (χ4v) is 1.72. The maximum absolute atomic E-state index is 11.5. The molecule has 1 aliphatic heterocycles. The van der Waals surface area contributed by atoms with E-state index in [1.54, 1.807) is 12.1 Å². The van der Waals surface area contributed by atoms with Crippen molar-refractivity contribution < 1.29 is 14.7 Å². The Hall–Kier alpha value is -2.24. The average Bonchev–Trinajstić information content (AvgIpc) is 2.64. The number of carboxylic acids is 1. The van der Waals surface area contributed by atoms with Crippen molar-refractivity contribution in [1.82, 2.24) is 5.32 Å². The van der Waals surface area contributed by atoms with Gasteiger partial charge in [0.05, 0.1) is 16.9 Å². The van der Waals surface area contributed by atoms with Crippen LogP contribution in [0.15, 0.2) is 18.2 Å². The van der Waals surface area contributed by atoms with Crippen molar-refractivity contribution in [2.24, 2.45) is 0 Å². The Morgan fingerprint density at radius 1 is 1.50 bits per heavy atom. The van der Waals surface area contributed by atoms with Gasteiger partial charge in [-0.2, -0.15) is 0 Å². The van der Waals surface area contributed by atoms with E-state index in [0.717, 1.165) is 0 Å². The van der Waals surface area contributed by atoms with Crippen molar-refractivity contribution in [2.45, 2.75) is 0 Å². The van der Waals surface area contributed by atoms with Crippen molar-refractivity contribution in [1.29, 1.82) is 0 Å². The molecule has 0 bridgehead atoms. The molecule has 0 atom stereocenters. The molecule has 1 heterocycles. The lowest BCUT2D eigenvalue weighted by Crippen LogP contribution is -2.30. The number of nitrogens with one attached hydrogen (secondary N) is 1. The number of aromatic carboxylic acids is 1. The Kier molecular flexibility index (Phi) is 2.40. The molecule has 2 rings (SSSR count). The van der Waals surface area contributed by atoms with Crippen LogP contribution in [0.4, 0.5) is 16.2 Å². The number of anilines is 2. The first kappa shape index (κ1) is 10.3. The summed E-state index contributed by atoms with van der Waals surface area (Å²) in [6.07, 6.45) is 0. The second-order valence-corrected chi connectivity index (χ2v) is 3.43. The Morgan fingerprint density at radius 2 is 2.25 bits per heavy atom. The highest BCUT2D eigenvalue weighted by molar-refractivity contribution is 6.05. The number of urea groups is 1. The SMILES string of the molecule is Nc1cccc(C(=O)O)c1N1CCNC1=O. The minimum Gasteiger partial charge on any atom is -0.478 e. The molecule has 1 aliphatic rings. The van der Waals surface area contributed by atoms with Crippen molar-refractivity contribution in [3.63, 3.8) is 0 Å². The van der Waals surface area contributed by atoms with Crippen LogP contribution in [0, 0.1) is 0 Å². The molecule has 0 spiro atoms. The van der Waals surface area contributed by atoms with Crippen LogP contribution in [-0.4, -0.2) is 30.2 Å². The highest BCUT2D eigenvalue weighted by Gasteiger charge is 2.27. The van der Waals surface area contributed by atoms with Crippen molar-refractivity contribution in [3.05, 3.63) is 23.8 Å². The predicted molar refractivity (Wildman–Crippen MR) is 58.6 cm³/mol. The quantitative estimate of drug-likeness (QED) is 0.633. The smallest absolute Gasteiger partial charge is 0.337 e. The summed E-state index contributed by atoms with van der Waals surface area (Å²) in [6, 6.07) is 4.24. The van der Waals surface area contributed by atoms with Crippen LogP contribution in [0.2, 0.25) is 0 Å². The molecule has 1 fully saturated rings. The number of nitrogen functional groups attached to an aromatic ring is 1. The summed E-state index contributed by atoms with van der Waals surface area (Å²) in [5.74, 6) is -1.10. The molecule has 6 heteroatoms. The Morgan fingerprint density at radius 3 is 2.81 bits per heavy atom. The molecule has 1 aromatic carbocycles. The lowest BCUT2D eigenvalue weighted by Gasteiger charge is -2.18. The number of carboxylic acid groups (broad SMARTS) is 1. The predicted octanol–water partition coefficient (Wildman–Crippen LogP) is 0.497. The Labute approximate surface area is 91.7 Å². The zero-order chi connectivity index (χ0) is 11.7. The molecule has 84 valence electrons. The molecule has 0 saturated carbocycles. The second kappa shape index (κ2) is 3.73. The molecule has 0 unspecified atom stereocenters. The van der Waals surface area contributed by atoms with Gasteiger partial charge in [0.2, 0.25) is 0 Å². The van der Waals surface area contributed by atoms with E-state index in [1.807, 2.05) is 0 Å². The van der Waals surface area contributed by atoms with E-state index in [2.05, 4.69) is 5.32 Å². The van der Waals surface area contributed by atoms with Gasteiger partial charge in [-0.25, -0.2) is 9.59 Å². The number of carbonyl (C=O) groups excluding carboxylic acids is 1. The third-order valence-electron chi connectivity index (χ3n) is 2.42. The number of carbonyl (C=O) groups is 2. The van der Waals surface area contributed by atoms with Gasteiger partial charge in [-0.1, -0.05) is 6.07 Å².